The molecule has 0 amide bonds. The van der Waals surface area contributed by atoms with E-state index in [0.29, 0.717) is 16.8 Å². The van der Waals surface area contributed by atoms with E-state index < -0.39 is 0 Å². The van der Waals surface area contributed by atoms with Crippen molar-refractivity contribution in [2.24, 2.45) is 0 Å². The number of fused-ring (bicyclic) bond motifs is 7. The molecule has 11 rings (SSSR count). The molecule has 0 aliphatic rings. The number of halogens is 1. The summed E-state index contributed by atoms with van der Waals surface area (Å²) in [5.41, 5.74) is 16.2. The molecule has 63 heavy (non-hydrogen) atoms. The number of aromatic hydroxyl groups is 1. The maximum absolute atomic E-state index is 15.7. The molecule has 0 radical (unpaired) electrons. The standard InChI is InChI=1S/C57H49FN4O/c1-31-24-32(2)51(41(25-31)34-16-11-10-12-17-34)62-47-21-15-19-37(49(47)60-55(62)43-28-36(56(4,5)6)29-44(54(43)63)57(7,8)9)35-26-33(3)52-42(27-35)50-48-40(45(58)30-59-50)23-22-39-38-18-13-14-20-46(38)61(52)53(39)48/h10-30,63H,1-9H3. The fraction of sp³-hybridized carbons (Fsp3) is 0.193. The second kappa shape index (κ2) is 13.5. The van der Waals surface area contributed by atoms with Crippen molar-refractivity contribution < 1.29 is 9.50 Å². The Morgan fingerprint density at radius 2 is 1.30 bits per heavy atom. The lowest BCUT2D eigenvalue weighted by molar-refractivity contribution is 0.446. The molecule has 0 unspecified atom stereocenters. The molecule has 0 spiro atoms. The van der Waals surface area contributed by atoms with Crippen LogP contribution in [-0.2, 0) is 10.8 Å². The van der Waals surface area contributed by atoms with Gasteiger partial charge in [0.25, 0.3) is 0 Å². The number of hydrogen-bond acceptors (Lipinski definition) is 3. The lowest BCUT2D eigenvalue weighted by Crippen LogP contribution is -2.17. The van der Waals surface area contributed by atoms with E-state index in [0.717, 1.165) is 110 Å². The van der Waals surface area contributed by atoms with E-state index in [2.05, 4.69) is 174 Å². The van der Waals surface area contributed by atoms with E-state index >= 15 is 4.39 Å². The highest BCUT2D eigenvalue weighted by Gasteiger charge is 2.30. The van der Waals surface area contributed by atoms with Crippen LogP contribution in [0.25, 0.3) is 99.4 Å². The van der Waals surface area contributed by atoms with Crippen LogP contribution in [0.1, 0.15) is 69.4 Å². The normalized spacial score (nSPS) is 12.7. The van der Waals surface area contributed by atoms with Gasteiger partial charge in [-0.2, -0.15) is 0 Å². The maximum Gasteiger partial charge on any atom is 0.149 e. The van der Waals surface area contributed by atoms with Crippen LogP contribution in [0.15, 0.2) is 128 Å². The molecular formula is C57H49FN4O. The monoisotopic (exact) mass is 824 g/mol. The molecule has 0 atom stereocenters. The fourth-order valence-electron chi connectivity index (χ4n) is 10.2. The number of para-hydroxylation sites is 2. The van der Waals surface area contributed by atoms with Gasteiger partial charge in [-0.25, -0.2) is 9.37 Å². The topological polar surface area (TPSA) is 55.3 Å². The Bertz CT molecular complexity index is 3690. The van der Waals surface area contributed by atoms with Crippen molar-refractivity contribution in [2.45, 2.75) is 73.1 Å². The third-order valence-electron chi connectivity index (χ3n) is 13.2. The van der Waals surface area contributed by atoms with Gasteiger partial charge < -0.3 is 9.51 Å². The summed E-state index contributed by atoms with van der Waals surface area (Å²) < 4.78 is 20.3. The Morgan fingerprint density at radius 1 is 0.571 bits per heavy atom. The predicted molar refractivity (Wildman–Crippen MR) is 261 cm³/mol. The van der Waals surface area contributed by atoms with Crippen molar-refractivity contribution in [3.8, 4) is 45.1 Å². The highest BCUT2D eigenvalue weighted by molar-refractivity contribution is 6.28. The second-order valence-corrected chi connectivity index (χ2v) is 19.6. The Morgan fingerprint density at radius 3 is 2.06 bits per heavy atom. The number of pyridine rings is 2. The van der Waals surface area contributed by atoms with Crippen LogP contribution in [0.5, 0.6) is 5.75 Å². The number of rotatable bonds is 4. The molecule has 1 N–H and O–H groups in total. The van der Waals surface area contributed by atoms with Gasteiger partial charge in [0.2, 0.25) is 0 Å². The minimum Gasteiger partial charge on any atom is -0.507 e. The zero-order valence-corrected chi connectivity index (χ0v) is 37.2. The van der Waals surface area contributed by atoms with E-state index in [1.54, 1.807) is 0 Å². The molecule has 0 saturated carbocycles. The van der Waals surface area contributed by atoms with Crippen LogP contribution in [-0.4, -0.2) is 24.0 Å². The highest BCUT2D eigenvalue weighted by Crippen LogP contribution is 2.47. The first-order chi connectivity index (χ1) is 30.1. The molecular weight excluding hydrogens is 776 g/mol. The van der Waals surface area contributed by atoms with Gasteiger partial charge in [-0.3, -0.25) is 9.55 Å². The van der Waals surface area contributed by atoms with Gasteiger partial charge in [-0.15, -0.1) is 0 Å². The second-order valence-electron chi connectivity index (χ2n) is 19.6. The lowest BCUT2D eigenvalue weighted by atomic mass is 9.79. The van der Waals surface area contributed by atoms with Crippen LogP contribution in [0, 0.1) is 26.6 Å². The molecule has 0 aliphatic carbocycles. The molecule has 4 heterocycles. The predicted octanol–water partition coefficient (Wildman–Crippen LogP) is 15.1. The highest BCUT2D eigenvalue weighted by atomic mass is 19.1. The molecule has 7 aromatic carbocycles. The van der Waals surface area contributed by atoms with Crippen LogP contribution >= 0.6 is 0 Å². The van der Waals surface area contributed by atoms with Crippen LogP contribution in [0.4, 0.5) is 4.39 Å². The van der Waals surface area contributed by atoms with Gasteiger partial charge >= 0.3 is 0 Å². The first-order valence-corrected chi connectivity index (χ1v) is 21.8. The third kappa shape index (κ3) is 5.73. The summed E-state index contributed by atoms with van der Waals surface area (Å²) in [5, 5.41) is 17.1. The van der Waals surface area contributed by atoms with Crippen LogP contribution < -0.4 is 0 Å². The first kappa shape index (κ1) is 38.8. The van der Waals surface area contributed by atoms with Crippen LogP contribution in [0.3, 0.4) is 0 Å². The van der Waals surface area contributed by atoms with Crippen molar-refractivity contribution in [1.29, 1.82) is 0 Å². The molecule has 0 aliphatic heterocycles. The van der Waals surface area contributed by atoms with Crippen molar-refractivity contribution in [2.75, 3.05) is 0 Å². The first-order valence-electron chi connectivity index (χ1n) is 21.8. The van der Waals surface area contributed by atoms with E-state index in [1.807, 2.05) is 18.2 Å². The van der Waals surface area contributed by atoms with Crippen LogP contribution in [0.2, 0.25) is 0 Å². The number of hydrogen-bond donors (Lipinski definition) is 1. The average molecular weight is 825 g/mol. The summed E-state index contributed by atoms with van der Waals surface area (Å²) in [5.74, 6) is 0.572. The molecule has 0 fully saturated rings. The molecule has 5 nitrogen and oxygen atoms in total. The smallest absolute Gasteiger partial charge is 0.149 e. The summed E-state index contributed by atoms with van der Waals surface area (Å²) >= 11 is 0. The number of imidazole rings is 1. The minimum absolute atomic E-state index is 0.199. The van der Waals surface area contributed by atoms with E-state index in [-0.39, 0.29) is 22.4 Å². The summed E-state index contributed by atoms with van der Waals surface area (Å²) in [4.78, 5) is 10.5. The van der Waals surface area contributed by atoms with E-state index in [9.17, 15) is 5.11 Å². The van der Waals surface area contributed by atoms with Crippen molar-refractivity contribution >= 4 is 60.0 Å². The Balaban J connectivity index is 1.28. The summed E-state index contributed by atoms with van der Waals surface area (Å²) in [6.45, 7) is 19.6. The number of phenols is 1. The van der Waals surface area contributed by atoms with Gasteiger partial charge in [-0.05, 0) is 95.8 Å². The van der Waals surface area contributed by atoms with Gasteiger partial charge in [0.15, 0.2) is 0 Å². The zero-order chi connectivity index (χ0) is 43.9. The van der Waals surface area contributed by atoms with Gasteiger partial charge in [0.1, 0.15) is 17.4 Å². The number of phenolic OH excluding ortho intramolecular Hbond substituents is 1. The van der Waals surface area contributed by atoms with Gasteiger partial charge in [-0.1, -0.05) is 132 Å². The van der Waals surface area contributed by atoms with Gasteiger partial charge in [0.05, 0.1) is 50.5 Å². The average Bonchev–Trinajstić information content (AvgIpc) is 3.79. The third-order valence-corrected chi connectivity index (χ3v) is 13.2. The number of aryl methyl sites for hydroxylation is 3. The van der Waals surface area contributed by atoms with Crippen molar-refractivity contribution in [1.82, 2.24) is 18.9 Å². The maximum atomic E-state index is 15.7. The fourth-order valence-corrected chi connectivity index (χ4v) is 10.2. The Labute approximate surface area is 366 Å². The Kier molecular flexibility index (Phi) is 8.31. The summed E-state index contributed by atoms with van der Waals surface area (Å²) in [6.07, 6.45) is 1.36. The quantitative estimate of drug-likeness (QED) is 0.142. The molecule has 4 aromatic heterocycles. The van der Waals surface area contributed by atoms with E-state index in [4.69, 9.17) is 9.97 Å². The van der Waals surface area contributed by atoms with E-state index in [1.165, 1.54) is 6.20 Å². The SMILES string of the molecule is Cc1cc(C)c(-n2c(-c3cc(C(C)(C)C)cc(C(C)(C)C)c3O)nc3c(-c4cc(C)c5c(c4)c4ncc(F)c6ccc7c8ccccc8n5c7c64)cccc32)c(-c2ccccc2)c1. The number of nitrogens with zero attached hydrogens (tertiary/aromatic N) is 4. The molecule has 0 saturated heterocycles. The van der Waals surface area contributed by atoms with Gasteiger partial charge in [0, 0.05) is 43.6 Å². The largest absolute Gasteiger partial charge is 0.507 e. The lowest BCUT2D eigenvalue weighted by Gasteiger charge is -2.28. The number of aromatic nitrogens is 4. The summed E-state index contributed by atoms with van der Waals surface area (Å²) in [7, 11) is 0. The molecule has 6 heteroatoms. The molecule has 0 bridgehead atoms. The van der Waals surface area contributed by atoms with Crippen molar-refractivity contribution in [3.63, 3.8) is 0 Å². The zero-order valence-electron chi connectivity index (χ0n) is 37.2. The molecule has 310 valence electrons. The Hall–Kier alpha value is -7.05. The summed E-state index contributed by atoms with van der Waals surface area (Å²) in [6, 6.07) is 42.6. The minimum atomic E-state index is -0.340. The van der Waals surface area contributed by atoms with Crippen molar-refractivity contribution in [3.05, 3.63) is 161 Å². The number of benzene rings is 7. The molecule has 11 aromatic rings.